The van der Waals surface area contributed by atoms with Gasteiger partial charge in [-0.1, -0.05) is 97.8 Å². The van der Waals surface area contributed by atoms with E-state index in [1.807, 2.05) is 54.6 Å². The molecule has 10 heteroatoms. The lowest BCUT2D eigenvalue weighted by Crippen LogP contribution is -2.44. The molecule has 0 saturated carbocycles. The van der Waals surface area contributed by atoms with Gasteiger partial charge in [-0.2, -0.15) is 0 Å². The molecule has 6 rings (SSSR count). The van der Waals surface area contributed by atoms with Crippen LogP contribution in [0.5, 0.6) is 0 Å². The summed E-state index contributed by atoms with van der Waals surface area (Å²) in [7, 11) is 0. The molecule has 10 nitrogen and oxygen atoms in total. The van der Waals surface area contributed by atoms with Gasteiger partial charge in [0, 0.05) is 51.0 Å². The first kappa shape index (κ1) is 38.2. The van der Waals surface area contributed by atoms with Crippen LogP contribution in [0.1, 0.15) is 79.6 Å². The summed E-state index contributed by atoms with van der Waals surface area (Å²) in [4.78, 5) is 27.4. The van der Waals surface area contributed by atoms with E-state index < -0.39 is 6.29 Å². The maximum absolute atomic E-state index is 12.7. The summed E-state index contributed by atoms with van der Waals surface area (Å²) in [5.41, 5.74) is 13.2. The Hall–Kier alpha value is -4.58. The number of para-hydroxylation sites is 2. The number of carbonyl (C=O) groups is 2. The van der Waals surface area contributed by atoms with Gasteiger partial charge in [0.2, 0.25) is 11.8 Å². The maximum Gasteiger partial charge on any atom is 0.224 e. The number of nitrogens with one attached hydrogen (secondary N) is 2. The number of rotatable bonds is 16. The molecule has 5 N–H and O–H groups in total. The number of aliphatic hydroxyl groups excluding tert-OH is 1. The number of carbonyl (C=O) groups excluding carboxylic acids is 2. The van der Waals surface area contributed by atoms with E-state index in [-0.39, 0.29) is 30.6 Å². The Morgan fingerprint density at radius 1 is 0.774 bits per heavy atom. The lowest BCUT2D eigenvalue weighted by molar-refractivity contribution is -0.253. The molecule has 53 heavy (non-hydrogen) atoms. The number of hydrogen-bond donors (Lipinski definition) is 4. The van der Waals surface area contributed by atoms with Crippen LogP contribution in [-0.2, 0) is 37.0 Å². The zero-order valence-corrected chi connectivity index (χ0v) is 30.4. The van der Waals surface area contributed by atoms with Crippen molar-refractivity contribution >= 4 is 23.2 Å². The van der Waals surface area contributed by atoms with Crippen molar-refractivity contribution in [2.24, 2.45) is 0 Å². The van der Waals surface area contributed by atoms with Crippen LogP contribution in [0.4, 0.5) is 11.4 Å². The summed E-state index contributed by atoms with van der Waals surface area (Å²) in [6.45, 7) is 4.52. The van der Waals surface area contributed by atoms with Crippen LogP contribution in [0.25, 0.3) is 11.1 Å². The predicted molar refractivity (Wildman–Crippen MR) is 207 cm³/mol. The molecule has 0 spiro atoms. The minimum Gasteiger partial charge on any atom is -0.397 e. The lowest BCUT2D eigenvalue weighted by Gasteiger charge is -2.39. The van der Waals surface area contributed by atoms with Crippen LogP contribution in [0.3, 0.4) is 0 Å². The number of ether oxygens (including phenoxy) is 3. The highest BCUT2D eigenvalue weighted by Crippen LogP contribution is 2.39. The average Bonchev–Trinajstić information content (AvgIpc) is 3.20. The highest BCUT2D eigenvalue weighted by atomic mass is 16.7. The molecule has 2 aliphatic rings. The normalized spacial score (nSPS) is 19.1. The molecule has 2 heterocycles. The molecule has 0 radical (unpaired) electrons. The first-order chi connectivity index (χ1) is 25.9. The quantitative estimate of drug-likeness (QED) is 0.0726. The van der Waals surface area contributed by atoms with Crippen LogP contribution in [0, 0.1) is 0 Å². The summed E-state index contributed by atoms with van der Waals surface area (Å²) in [5.74, 6) is -0.0286. The van der Waals surface area contributed by atoms with Crippen LogP contribution in [0.15, 0.2) is 97.1 Å². The molecule has 0 unspecified atom stereocenters. The molecule has 4 aromatic rings. The second-order valence-corrected chi connectivity index (χ2v) is 13.9. The monoisotopic (exact) mass is 720 g/mol. The highest BCUT2D eigenvalue weighted by Gasteiger charge is 2.33. The molecule has 2 aliphatic heterocycles. The van der Waals surface area contributed by atoms with Crippen LogP contribution in [-0.4, -0.2) is 60.8 Å². The number of unbranched alkanes of at least 4 members (excludes halogenated alkanes) is 3. The smallest absolute Gasteiger partial charge is 0.224 e. The van der Waals surface area contributed by atoms with Crippen molar-refractivity contribution in [3.8, 4) is 11.1 Å². The Labute approximate surface area is 312 Å². The van der Waals surface area contributed by atoms with Gasteiger partial charge in [-0.05, 0) is 52.8 Å². The maximum atomic E-state index is 12.7. The number of hydrogen-bond acceptors (Lipinski definition) is 8. The lowest BCUT2D eigenvalue weighted by atomic mass is 9.97. The molecule has 2 amide bonds. The van der Waals surface area contributed by atoms with E-state index in [1.165, 1.54) is 0 Å². The molecule has 0 aromatic heterocycles. The zero-order valence-electron chi connectivity index (χ0n) is 30.4. The van der Waals surface area contributed by atoms with Crippen molar-refractivity contribution in [1.29, 1.82) is 0 Å². The summed E-state index contributed by atoms with van der Waals surface area (Å²) < 4.78 is 18.7. The van der Waals surface area contributed by atoms with Crippen LogP contribution >= 0.6 is 0 Å². The van der Waals surface area contributed by atoms with Crippen LogP contribution < -0.4 is 16.4 Å². The van der Waals surface area contributed by atoms with Crippen molar-refractivity contribution in [2.45, 2.75) is 76.6 Å². The van der Waals surface area contributed by atoms with E-state index >= 15 is 0 Å². The summed E-state index contributed by atoms with van der Waals surface area (Å²) in [6.07, 6.45) is 4.26. The van der Waals surface area contributed by atoms with E-state index in [0.717, 1.165) is 98.3 Å². The van der Waals surface area contributed by atoms with Crippen molar-refractivity contribution in [1.82, 2.24) is 10.2 Å². The molecule has 280 valence electrons. The Kier molecular flexibility index (Phi) is 14.0. The Bertz CT molecular complexity index is 1760. The van der Waals surface area contributed by atoms with Gasteiger partial charge in [0.1, 0.15) is 0 Å². The fourth-order valence-electron chi connectivity index (χ4n) is 6.91. The third kappa shape index (κ3) is 11.2. The molecule has 2 fully saturated rings. The second-order valence-electron chi connectivity index (χ2n) is 13.9. The van der Waals surface area contributed by atoms with Gasteiger partial charge >= 0.3 is 0 Å². The minimum atomic E-state index is -0.522. The van der Waals surface area contributed by atoms with Crippen molar-refractivity contribution in [3.63, 3.8) is 0 Å². The first-order valence-electron chi connectivity index (χ1n) is 18.8. The van der Waals surface area contributed by atoms with Gasteiger partial charge in [-0.15, -0.1) is 0 Å². The number of nitrogens with two attached hydrogens (primary N) is 1. The third-order valence-electron chi connectivity index (χ3n) is 9.96. The Morgan fingerprint density at radius 2 is 1.45 bits per heavy atom. The predicted octanol–water partition coefficient (Wildman–Crippen LogP) is 6.90. The molecular weight excluding hydrogens is 668 g/mol. The van der Waals surface area contributed by atoms with Gasteiger partial charge in [0.25, 0.3) is 0 Å². The Balaban J connectivity index is 0.996. The van der Waals surface area contributed by atoms with E-state index in [0.29, 0.717) is 30.8 Å². The number of anilines is 2. The van der Waals surface area contributed by atoms with E-state index in [1.54, 1.807) is 12.1 Å². The third-order valence-corrected chi connectivity index (χ3v) is 9.96. The summed E-state index contributed by atoms with van der Waals surface area (Å²) >= 11 is 0. The van der Waals surface area contributed by atoms with Gasteiger partial charge in [0.05, 0.1) is 43.4 Å². The minimum absolute atomic E-state index is 0.00916. The topological polar surface area (TPSA) is 135 Å². The van der Waals surface area contributed by atoms with E-state index in [2.05, 4.69) is 45.9 Å². The second kappa shape index (κ2) is 19.5. The highest BCUT2D eigenvalue weighted by molar-refractivity contribution is 5.93. The van der Waals surface area contributed by atoms with Crippen molar-refractivity contribution in [2.75, 3.05) is 43.9 Å². The number of amides is 2. The van der Waals surface area contributed by atoms with Gasteiger partial charge < -0.3 is 35.7 Å². The largest absolute Gasteiger partial charge is 0.397 e. The molecule has 0 aliphatic carbocycles. The van der Waals surface area contributed by atoms with Crippen molar-refractivity contribution < 1.29 is 28.9 Å². The number of nitrogens with zero attached hydrogens (tertiary/aromatic N) is 1. The van der Waals surface area contributed by atoms with Gasteiger partial charge in [-0.25, -0.2) is 0 Å². The zero-order chi connectivity index (χ0) is 36.8. The summed E-state index contributed by atoms with van der Waals surface area (Å²) in [6, 6.07) is 31.7. The van der Waals surface area contributed by atoms with E-state index in [9.17, 15) is 14.7 Å². The van der Waals surface area contributed by atoms with Crippen molar-refractivity contribution in [3.05, 3.63) is 119 Å². The SMILES string of the molecule is Nc1ccccc1NC(=O)CCCCCCC(=O)NCc1ccccc1-c1ccc([C@@H]2O[C@H](CN3CCOCC3)C[C@H](c3ccc(CO)cc3)O2)cc1. The number of morpholine rings is 1. The number of benzene rings is 4. The number of aliphatic hydroxyl groups is 1. The molecular formula is C43H52N4O6. The molecule has 2 saturated heterocycles. The van der Waals surface area contributed by atoms with Crippen LogP contribution in [0.2, 0.25) is 0 Å². The average molecular weight is 721 g/mol. The van der Waals surface area contributed by atoms with E-state index in [4.69, 9.17) is 19.9 Å². The molecule has 3 atom stereocenters. The van der Waals surface area contributed by atoms with Gasteiger partial charge in [0.15, 0.2) is 6.29 Å². The van der Waals surface area contributed by atoms with Gasteiger partial charge in [-0.3, -0.25) is 14.5 Å². The fourth-order valence-corrected chi connectivity index (χ4v) is 6.91. The summed E-state index contributed by atoms with van der Waals surface area (Å²) in [5, 5.41) is 15.5. The number of nitrogen functional groups attached to an aromatic ring is 1. The Morgan fingerprint density at radius 3 is 2.19 bits per heavy atom. The standard InChI is InChI=1S/C43H52N4O6/c44-38-11-7-8-12-39(38)46-42(50)14-4-2-1-3-13-41(49)45-28-35-9-5-6-10-37(35)32-19-21-34(22-20-32)43-52-36(29-47-23-25-51-26-24-47)27-40(53-43)33-17-15-31(30-48)16-18-33/h5-12,15-22,36,40,43,48H,1-4,13-14,23-30,44H2,(H,45,49)(H,46,50)/t36-,40+,43+/m0/s1. The molecule has 4 aromatic carbocycles. The molecule has 0 bridgehead atoms. The first-order valence-corrected chi connectivity index (χ1v) is 18.8. The fraction of sp³-hybridized carbons (Fsp3) is 0.395.